The van der Waals surface area contributed by atoms with Crippen molar-refractivity contribution in [3.63, 3.8) is 0 Å². The zero-order valence-corrected chi connectivity index (χ0v) is 13.0. The van der Waals surface area contributed by atoms with E-state index in [2.05, 4.69) is 22.9 Å². The third-order valence-electron chi connectivity index (χ3n) is 3.25. The second-order valence-electron chi connectivity index (χ2n) is 4.95. The van der Waals surface area contributed by atoms with Gasteiger partial charge >= 0.3 is 92.0 Å². The maximum atomic E-state index is 3.08. The quantitative estimate of drug-likeness (QED) is 0.303. The van der Waals surface area contributed by atoms with Crippen molar-refractivity contribution in [3.05, 3.63) is 0 Å². The first-order valence-corrected chi connectivity index (χ1v) is 8.71. The molecule has 0 saturated carbocycles. The standard InChI is InChI=1S/C15H31Se/c1-2-3-4-5-6-7-8-9-10-11-12-13-14-15-16/h2-15H2,1H3. The van der Waals surface area contributed by atoms with E-state index in [1.165, 1.54) is 88.8 Å². The van der Waals surface area contributed by atoms with Crippen LogP contribution in [0.25, 0.3) is 0 Å². The van der Waals surface area contributed by atoms with Gasteiger partial charge < -0.3 is 0 Å². The molecule has 0 aliphatic carbocycles. The number of unbranched alkanes of at least 4 members (excludes halogenated alkanes) is 12. The van der Waals surface area contributed by atoms with Crippen LogP contribution < -0.4 is 0 Å². The van der Waals surface area contributed by atoms with E-state index in [0.717, 1.165) is 0 Å². The zero-order chi connectivity index (χ0) is 11.9. The van der Waals surface area contributed by atoms with E-state index in [1.807, 2.05) is 0 Å². The van der Waals surface area contributed by atoms with Gasteiger partial charge in [0.2, 0.25) is 0 Å². The van der Waals surface area contributed by atoms with Gasteiger partial charge in [-0.15, -0.1) is 0 Å². The molecule has 1 radical (unpaired) electrons. The number of rotatable bonds is 13. The van der Waals surface area contributed by atoms with E-state index in [1.54, 1.807) is 0 Å². The van der Waals surface area contributed by atoms with Gasteiger partial charge in [-0.25, -0.2) is 0 Å². The molecule has 0 amide bonds. The molecule has 0 unspecified atom stereocenters. The predicted octanol–water partition coefficient (Wildman–Crippen LogP) is 5.66. The molecule has 0 aromatic carbocycles. The summed E-state index contributed by atoms with van der Waals surface area (Å²) in [5.41, 5.74) is 0. The van der Waals surface area contributed by atoms with Crippen LogP contribution in [0.1, 0.15) is 90.4 Å². The SMILES string of the molecule is CCCCCCCCCCCCCCC[Se]. The van der Waals surface area contributed by atoms with Crippen LogP contribution in [0.5, 0.6) is 0 Å². The summed E-state index contributed by atoms with van der Waals surface area (Å²) in [7, 11) is 0. The van der Waals surface area contributed by atoms with E-state index < -0.39 is 0 Å². The first-order valence-electron chi connectivity index (χ1n) is 7.50. The van der Waals surface area contributed by atoms with Gasteiger partial charge in [0.25, 0.3) is 0 Å². The zero-order valence-electron chi connectivity index (χ0n) is 11.3. The molecule has 0 N–H and O–H groups in total. The van der Waals surface area contributed by atoms with E-state index >= 15 is 0 Å². The molecule has 0 nitrogen and oxygen atoms in total. The van der Waals surface area contributed by atoms with Gasteiger partial charge in [-0.2, -0.15) is 0 Å². The first kappa shape index (κ1) is 16.5. The van der Waals surface area contributed by atoms with Crippen LogP contribution in [0.15, 0.2) is 0 Å². The van der Waals surface area contributed by atoms with Crippen molar-refractivity contribution < 1.29 is 0 Å². The molecule has 0 heterocycles. The van der Waals surface area contributed by atoms with Gasteiger partial charge in [-0.05, 0) is 0 Å². The maximum absolute atomic E-state index is 3.08. The van der Waals surface area contributed by atoms with E-state index in [4.69, 9.17) is 0 Å². The van der Waals surface area contributed by atoms with Crippen molar-refractivity contribution in [2.75, 3.05) is 0 Å². The summed E-state index contributed by atoms with van der Waals surface area (Å²) < 4.78 is 0. The van der Waals surface area contributed by atoms with Gasteiger partial charge in [0.05, 0.1) is 0 Å². The molecule has 0 atom stereocenters. The molecule has 0 aromatic rings. The third-order valence-corrected chi connectivity index (χ3v) is 3.85. The fourth-order valence-electron chi connectivity index (χ4n) is 2.12. The van der Waals surface area contributed by atoms with Crippen LogP contribution in [0.2, 0.25) is 5.32 Å². The van der Waals surface area contributed by atoms with E-state index in [-0.39, 0.29) is 0 Å². The van der Waals surface area contributed by atoms with Gasteiger partial charge in [-0.3, -0.25) is 0 Å². The van der Waals surface area contributed by atoms with Gasteiger partial charge in [0.1, 0.15) is 0 Å². The molecule has 0 aliphatic rings. The van der Waals surface area contributed by atoms with Crippen molar-refractivity contribution in [1.82, 2.24) is 0 Å². The van der Waals surface area contributed by atoms with Crippen LogP contribution in [-0.2, 0) is 0 Å². The molecule has 0 fully saturated rings. The summed E-state index contributed by atoms with van der Waals surface area (Å²) in [4.78, 5) is 0. The third kappa shape index (κ3) is 14.5. The molecular formula is C15H31Se. The fourth-order valence-corrected chi connectivity index (χ4v) is 2.55. The Labute approximate surface area is 112 Å². The molecule has 16 heavy (non-hydrogen) atoms. The Bertz CT molecular complexity index is 98.0. The van der Waals surface area contributed by atoms with Crippen LogP contribution in [0.3, 0.4) is 0 Å². The van der Waals surface area contributed by atoms with Crippen LogP contribution >= 0.6 is 0 Å². The summed E-state index contributed by atoms with van der Waals surface area (Å²) >= 11 is 3.08. The molecule has 0 aliphatic heterocycles. The van der Waals surface area contributed by atoms with E-state index in [9.17, 15) is 0 Å². The molecule has 1 heteroatoms. The normalized spacial score (nSPS) is 10.9. The Morgan fingerprint density at radius 3 is 1.12 bits per heavy atom. The van der Waals surface area contributed by atoms with Crippen LogP contribution in [0, 0.1) is 0 Å². The monoisotopic (exact) mass is 291 g/mol. The van der Waals surface area contributed by atoms with Gasteiger partial charge in [0.15, 0.2) is 0 Å². The van der Waals surface area contributed by atoms with E-state index in [0.29, 0.717) is 0 Å². The second-order valence-corrected chi connectivity index (χ2v) is 5.80. The van der Waals surface area contributed by atoms with Gasteiger partial charge in [-0.1, -0.05) is 19.8 Å². The van der Waals surface area contributed by atoms with Crippen molar-refractivity contribution in [3.8, 4) is 0 Å². The van der Waals surface area contributed by atoms with Crippen LogP contribution in [0.4, 0.5) is 0 Å². The summed E-state index contributed by atoms with van der Waals surface area (Å²) in [5, 5.41) is 1.25. The number of hydrogen-bond donors (Lipinski definition) is 0. The van der Waals surface area contributed by atoms with Crippen molar-refractivity contribution in [2.24, 2.45) is 0 Å². The summed E-state index contributed by atoms with van der Waals surface area (Å²) in [6.45, 7) is 2.29. The van der Waals surface area contributed by atoms with Crippen molar-refractivity contribution in [1.29, 1.82) is 0 Å². The minimum atomic E-state index is 1.25. The van der Waals surface area contributed by atoms with Gasteiger partial charge in [0, 0.05) is 0 Å². The Hall–Kier alpha value is 0.519. The predicted molar refractivity (Wildman–Crippen MR) is 76.3 cm³/mol. The Morgan fingerprint density at radius 2 is 0.812 bits per heavy atom. The summed E-state index contributed by atoms with van der Waals surface area (Å²) in [6, 6.07) is 0. The second kappa shape index (κ2) is 15.5. The molecule has 0 spiro atoms. The van der Waals surface area contributed by atoms with Crippen molar-refractivity contribution >= 4 is 16.0 Å². The van der Waals surface area contributed by atoms with Crippen LogP contribution in [-0.4, -0.2) is 16.0 Å². The molecule has 0 bridgehead atoms. The minimum absolute atomic E-state index is 1.25. The topological polar surface area (TPSA) is 0 Å². The molecule has 0 rings (SSSR count). The number of hydrogen-bond acceptors (Lipinski definition) is 0. The Kier molecular flexibility index (Phi) is 16.0. The Morgan fingerprint density at radius 1 is 0.500 bits per heavy atom. The summed E-state index contributed by atoms with van der Waals surface area (Å²) in [5.74, 6) is 0. The van der Waals surface area contributed by atoms with Crippen molar-refractivity contribution in [2.45, 2.75) is 95.7 Å². The fraction of sp³-hybridized carbons (Fsp3) is 1.00. The molecule has 0 aromatic heterocycles. The first-order chi connectivity index (χ1) is 7.91. The average molecular weight is 290 g/mol. The summed E-state index contributed by atoms with van der Waals surface area (Å²) in [6.07, 6.45) is 18.9. The molecule has 97 valence electrons. The Balaban J connectivity index is 2.83. The average Bonchev–Trinajstić information content (AvgIpc) is 2.31. The molecule has 0 saturated heterocycles. The molecular weight excluding hydrogens is 259 g/mol.